The van der Waals surface area contributed by atoms with Crippen LogP contribution in [-0.4, -0.2) is 30.0 Å². The van der Waals surface area contributed by atoms with E-state index in [1.807, 2.05) is 0 Å². The summed E-state index contributed by atoms with van der Waals surface area (Å²) < 4.78 is 62.3. The second-order valence-electron chi connectivity index (χ2n) is 5.53. The van der Waals surface area contributed by atoms with Crippen LogP contribution in [0.3, 0.4) is 0 Å². The highest BCUT2D eigenvalue weighted by Crippen LogP contribution is 2.34. The minimum Gasteiger partial charge on any atom is -0.308 e. The molecule has 0 saturated heterocycles. The Kier molecular flexibility index (Phi) is 4.53. The molecule has 0 aliphatic heterocycles. The Bertz CT molecular complexity index is 1070. The van der Waals surface area contributed by atoms with Crippen LogP contribution in [0.4, 0.5) is 19.0 Å². The summed E-state index contributed by atoms with van der Waals surface area (Å²) in [5, 5.41) is 3.43. The summed E-state index contributed by atoms with van der Waals surface area (Å²) in [5.41, 5.74) is -0.297. The van der Waals surface area contributed by atoms with Crippen molar-refractivity contribution in [3.8, 4) is 0 Å². The minimum absolute atomic E-state index is 0.0447. The van der Waals surface area contributed by atoms with Gasteiger partial charge in [0.25, 0.3) is 0 Å². The molecular weight excluding hydrogens is 391 g/mol. The van der Waals surface area contributed by atoms with Crippen LogP contribution in [0, 0.1) is 0 Å². The molecule has 3 aromatic rings. The van der Waals surface area contributed by atoms with Gasteiger partial charge >= 0.3 is 6.18 Å². The molecule has 138 valence electrons. The number of hydrogen-bond acceptors (Lipinski definition) is 5. The quantitative estimate of drug-likeness (QED) is 0.726. The summed E-state index contributed by atoms with van der Waals surface area (Å²) in [4.78, 5) is 16.2. The van der Waals surface area contributed by atoms with E-state index >= 15 is 0 Å². The van der Waals surface area contributed by atoms with Crippen molar-refractivity contribution in [1.82, 2.24) is 9.38 Å². The summed E-state index contributed by atoms with van der Waals surface area (Å²) in [6, 6.07) is 5.79. The highest BCUT2D eigenvalue weighted by atomic mass is 32.2. The van der Waals surface area contributed by atoms with Gasteiger partial charge in [-0.2, -0.15) is 13.2 Å². The van der Waals surface area contributed by atoms with Crippen LogP contribution in [-0.2, 0) is 27.2 Å². The third-order valence-electron chi connectivity index (χ3n) is 3.53. The number of imidazole rings is 1. The molecule has 1 aromatic carbocycles. The molecule has 6 nitrogen and oxygen atoms in total. The van der Waals surface area contributed by atoms with Crippen molar-refractivity contribution in [3.63, 3.8) is 0 Å². The van der Waals surface area contributed by atoms with Gasteiger partial charge in [-0.1, -0.05) is 12.1 Å². The van der Waals surface area contributed by atoms with Crippen LogP contribution in [0.1, 0.15) is 11.3 Å². The van der Waals surface area contributed by atoms with Crippen molar-refractivity contribution >= 4 is 37.7 Å². The fraction of sp³-hybridized carbons (Fsp3) is 0.200. The molecule has 0 spiro atoms. The molecule has 26 heavy (non-hydrogen) atoms. The molecule has 1 N–H and O–H groups in total. The molecule has 2 heterocycles. The first-order chi connectivity index (χ1) is 12.1. The minimum atomic E-state index is -4.51. The molecule has 3 rings (SSSR count). The number of sulfone groups is 1. The van der Waals surface area contributed by atoms with E-state index in [-0.39, 0.29) is 22.0 Å². The zero-order valence-corrected chi connectivity index (χ0v) is 14.9. The number of alkyl halides is 3. The summed E-state index contributed by atoms with van der Waals surface area (Å²) >= 11 is 0.826. The lowest BCUT2D eigenvalue weighted by Gasteiger charge is -2.04. The molecule has 0 fully saturated rings. The number of halogens is 3. The van der Waals surface area contributed by atoms with Gasteiger partial charge in [0.05, 0.1) is 11.3 Å². The van der Waals surface area contributed by atoms with E-state index in [1.165, 1.54) is 24.3 Å². The van der Waals surface area contributed by atoms with Crippen LogP contribution in [0.5, 0.6) is 0 Å². The van der Waals surface area contributed by atoms with E-state index in [0.29, 0.717) is 5.56 Å². The number of thiazole rings is 1. The number of nitrogens with one attached hydrogen (secondary N) is 1. The number of aromatic nitrogens is 2. The average molecular weight is 403 g/mol. The van der Waals surface area contributed by atoms with Gasteiger partial charge in [-0.05, 0) is 17.7 Å². The van der Waals surface area contributed by atoms with Gasteiger partial charge < -0.3 is 5.32 Å². The molecular formula is C15H12F3N3O3S2. The second-order valence-corrected chi connectivity index (χ2v) is 8.40. The Hall–Kier alpha value is -2.40. The Balaban J connectivity index is 1.75. The number of carbonyl (C=O) groups excluding carboxylic acids is 1. The summed E-state index contributed by atoms with van der Waals surface area (Å²) in [6.07, 6.45) is -2.50. The number of nitrogens with zero attached hydrogens (tertiary/aromatic N) is 2. The molecule has 0 saturated carbocycles. The molecule has 0 bridgehead atoms. The lowest BCUT2D eigenvalue weighted by Crippen LogP contribution is -2.14. The fourth-order valence-electron chi connectivity index (χ4n) is 2.30. The first kappa shape index (κ1) is 18.4. The third kappa shape index (κ3) is 3.73. The maximum Gasteiger partial charge on any atom is 0.432 e. The number of carbonyl (C=O) groups is 1. The fourth-order valence-corrected chi connectivity index (χ4v) is 3.87. The maximum atomic E-state index is 12.9. The van der Waals surface area contributed by atoms with Crippen molar-refractivity contribution in [2.45, 2.75) is 17.5 Å². The Morgan fingerprint density at radius 1 is 1.27 bits per heavy atom. The predicted molar refractivity (Wildman–Crippen MR) is 90.0 cm³/mol. The van der Waals surface area contributed by atoms with E-state index in [2.05, 4.69) is 10.3 Å². The van der Waals surface area contributed by atoms with Gasteiger partial charge in [-0.15, -0.1) is 11.3 Å². The maximum absolute atomic E-state index is 12.9. The number of hydrogen-bond donors (Lipinski definition) is 1. The van der Waals surface area contributed by atoms with E-state index in [4.69, 9.17) is 0 Å². The topological polar surface area (TPSA) is 80.5 Å². The van der Waals surface area contributed by atoms with Crippen LogP contribution in [0.2, 0.25) is 0 Å². The number of anilines is 1. The SMILES string of the molecule is CS(=O)(=O)c1ccc(CC(=O)Nc2ncn3c(C(F)(F)F)csc23)cc1. The molecule has 0 unspecified atom stereocenters. The lowest BCUT2D eigenvalue weighted by molar-refractivity contribution is -0.141. The number of fused-ring (bicyclic) bond motifs is 1. The van der Waals surface area contributed by atoms with Crippen molar-refractivity contribution < 1.29 is 26.4 Å². The summed E-state index contributed by atoms with van der Waals surface area (Å²) in [5.74, 6) is -0.428. The van der Waals surface area contributed by atoms with Gasteiger partial charge in [0.2, 0.25) is 5.91 Å². The van der Waals surface area contributed by atoms with Crippen molar-refractivity contribution in [2.24, 2.45) is 0 Å². The van der Waals surface area contributed by atoms with E-state index in [9.17, 15) is 26.4 Å². The smallest absolute Gasteiger partial charge is 0.308 e. The number of amides is 1. The van der Waals surface area contributed by atoms with Crippen LogP contribution >= 0.6 is 11.3 Å². The number of rotatable bonds is 4. The highest BCUT2D eigenvalue weighted by molar-refractivity contribution is 7.90. The van der Waals surface area contributed by atoms with E-state index < -0.39 is 27.6 Å². The van der Waals surface area contributed by atoms with Crippen LogP contribution in [0.15, 0.2) is 40.9 Å². The molecule has 11 heteroatoms. The van der Waals surface area contributed by atoms with Gasteiger partial charge in [0.1, 0.15) is 16.9 Å². The molecule has 0 aliphatic rings. The molecule has 0 atom stereocenters. The first-order valence-corrected chi connectivity index (χ1v) is 9.93. The summed E-state index contributed by atoms with van der Waals surface area (Å²) in [6.45, 7) is 0. The first-order valence-electron chi connectivity index (χ1n) is 7.16. The molecule has 2 aromatic heterocycles. The van der Waals surface area contributed by atoms with Crippen LogP contribution < -0.4 is 5.32 Å². The number of benzene rings is 1. The Labute approximate surface area is 150 Å². The van der Waals surface area contributed by atoms with Gasteiger partial charge in [0, 0.05) is 11.6 Å². The Morgan fingerprint density at radius 3 is 2.50 bits per heavy atom. The van der Waals surface area contributed by atoms with Crippen molar-refractivity contribution in [3.05, 3.63) is 47.2 Å². The third-order valence-corrected chi connectivity index (χ3v) is 5.61. The second kappa shape index (κ2) is 6.40. The van der Waals surface area contributed by atoms with Crippen molar-refractivity contribution in [1.29, 1.82) is 0 Å². The van der Waals surface area contributed by atoms with Gasteiger partial charge in [-0.3, -0.25) is 9.20 Å². The summed E-state index contributed by atoms with van der Waals surface area (Å²) in [7, 11) is -3.33. The largest absolute Gasteiger partial charge is 0.432 e. The zero-order chi connectivity index (χ0) is 19.1. The lowest BCUT2D eigenvalue weighted by atomic mass is 10.1. The molecule has 1 amide bonds. The van der Waals surface area contributed by atoms with Gasteiger partial charge in [0.15, 0.2) is 15.7 Å². The molecule has 0 radical (unpaired) electrons. The van der Waals surface area contributed by atoms with E-state index in [1.54, 1.807) is 0 Å². The monoisotopic (exact) mass is 403 g/mol. The highest BCUT2D eigenvalue weighted by Gasteiger charge is 2.35. The Morgan fingerprint density at radius 2 is 1.92 bits per heavy atom. The zero-order valence-electron chi connectivity index (χ0n) is 13.2. The van der Waals surface area contributed by atoms with Crippen LogP contribution in [0.25, 0.3) is 4.83 Å². The van der Waals surface area contributed by atoms with Gasteiger partial charge in [-0.25, -0.2) is 13.4 Å². The van der Waals surface area contributed by atoms with E-state index in [0.717, 1.165) is 33.7 Å². The molecule has 0 aliphatic carbocycles. The predicted octanol–water partition coefficient (Wildman–Crippen LogP) is 3.00. The standard InChI is InChI=1S/C15H12F3N3O3S2/c1-26(23,24)10-4-2-9(3-5-10)6-12(22)20-13-14-21(8-19-13)11(7-25-14)15(16,17)18/h2-5,7-8H,6H2,1H3,(H,20,22). The normalized spacial score (nSPS) is 12.5. The van der Waals surface area contributed by atoms with Crippen molar-refractivity contribution in [2.75, 3.05) is 11.6 Å². The average Bonchev–Trinajstić information content (AvgIpc) is 3.09.